The van der Waals surface area contributed by atoms with E-state index in [0.717, 1.165) is 30.9 Å². The van der Waals surface area contributed by atoms with Crippen molar-refractivity contribution in [3.8, 4) is 0 Å². The zero-order valence-corrected chi connectivity index (χ0v) is 11.6. The maximum absolute atomic E-state index is 4.58. The van der Waals surface area contributed by atoms with Crippen molar-refractivity contribution in [2.45, 2.75) is 32.5 Å². The molecule has 0 unspecified atom stereocenters. The van der Waals surface area contributed by atoms with E-state index >= 15 is 0 Å². The van der Waals surface area contributed by atoms with Crippen molar-refractivity contribution in [2.75, 3.05) is 0 Å². The smallest absolute Gasteiger partial charge is 0.137 e. The number of nitrogens with zero attached hydrogens (tertiary/aromatic N) is 4. The Morgan fingerprint density at radius 1 is 1.25 bits per heavy atom. The third kappa shape index (κ3) is 3.05. The molecule has 0 saturated carbocycles. The van der Waals surface area contributed by atoms with Crippen LogP contribution in [0.1, 0.15) is 19.0 Å². The fourth-order valence-corrected chi connectivity index (χ4v) is 2.21. The van der Waals surface area contributed by atoms with Gasteiger partial charge in [-0.1, -0.05) is 6.07 Å². The van der Waals surface area contributed by atoms with Crippen LogP contribution >= 0.6 is 0 Å². The summed E-state index contributed by atoms with van der Waals surface area (Å²) in [5.41, 5.74) is 2.07. The van der Waals surface area contributed by atoms with Gasteiger partial charge in [-0.15, -0.1) is 0 Å². The second kappa shape index (κ2) is 5.88. The minimum absolute atomic E-state index is 0.434. The van der Waals surface area contributed by atoms with Crippen molar-refractivity contribution in [3.05, 3.63) is 54.7 Å². The molecule has 5 heteroatoms. The Balaban J connectivity index is 1.50. The lowest BCUT2D eigenvalue weighted by Crippen LogP contribution is -2.27. The molecule has 0 bridgehead atoms. The Kier molecular flexibility index (Phi) is 3.78. The van der Waals surface area contributed by atoms with Gasteiger partial charge in [-0.3, -0.25) is 4.68 Å². The molecule has 0 saturated heterocycles. The summed E-state index contributed by atoms with van der Waals surface area (Å²) in [6.07, 6.45) is 8.95. The molecule has 3 aromatic rings. The van der Waals surface area contributed by atoms with Crippen LogP contribution in [0, 0.1) is 0 Å². The first kappa shape index (κ1) is 12.9. The van der Waals surface area contributed by atoms with Gasteiger partial charge in [0.15, 0.2) is 0 Å². The van der Waals surface area contributed by atoms with Crippen molar-refractivity contribution in [3.63, 3.8) is 0 Å². The Morgan fingerprint density at radius 3 is 3.00 bits per heavy atom. The SMILES string of the molecule is C[C@@H](CCn1cccn1)NCc1cn2ccccc2n1. The minimum atomic E-state index is 0.434. The monoisotopic (exact) mass is 269 g/mol. The van der Waals surface area contributed by atoms with Gasteiger partial charge in [0.05, 0.1) is 5.69 Å². The molecule has 5 nitrogen and oxygen atoms in total. The van der Waals surface area contributed by atoms with E-state index in [9.17, 15) is 0 Å². The molecular weight excluding hydrogens is 250 g/mol. The van der Waals surface area contributed by atoms with Gasteiger partial charge in [0.2, 0.25) is 0 Å². The molecule has 0 aromatic carbocycles. The van der Waals surface area contributed by atoms with Gasteiger partial charge in [-0.2, -0.15) is 5.10 Å². The highest BCUT2D eigenvalue weighted by Gasteiger charge is 2.05. The number of imidazole rings is 1. The van der Waals surface area contributed by atoms with Gasteiger partial charge in [-0.25, -0.2) is 4.98 Å². The lowest BCUT2D eigenvalue weighted by atomic mass is 10.2. The number of fused-ring (bicyclic) bond motifs is 1. The first-order valence-electron chi connectivity index (χ1n) is 6.95. The molecule has 0 aliphatic rings. The van der Waals surface area contributed by atoms with Gasteiger partial charge in [0.1, 0.15) is 5.65 Å². The molecule has 0 radical (unpaired) electrons. The molecule has 104 valence electrons. The average molecular weight is 269 g/mol. The molecule has 0 spiro atoms. The van der Waals surface area contributed by atoms with Crippen molar-refractivity contribution >= 4 is 5.65 Å². The molecule has 0 amide bonds. The molecule has 0 fully saturated rings. The van der Waals surface area contributed by atoms with E-state index in [0.29, 0.717) is 6.04 Å². The maximum Gasteiger partial charge on any atom is 0.137 e. The first-order chi connectivity index (χ1) is 9.81. The summed E-state index contributed by atoms with van der Waals surface area (Å²) in [5, 5.41) is 7.71. The highest BCUT2D eigenvalue weighted by molar-refractivity contribution is 5.39. The lowest BCUT2D eigenvalue weighted by molar-refractivity contribution is 0.456. The Labute approximate surface area is 118 Å². The number of aryl methyl sites for hydroxylation is 1. The number of hydrogen-bond acceptors (Lipinski definition) is 3. The highest BCUT2D eigenvalue weighted by atomic mass is 15.3. The Bertz CT molecular complexity index is 623. The first-order valence-corrected chi connectivity index (χ1v) is 6.95. The van der Waals surface area contributed by atoms with E-state index in [1.54, 1.807) is 0 Å². The van der Waals surface area contributed by atoms with E-state index in [-0.39, 0.29) is 0 Å². The van der Waals surface area contributed by atoms with Crippen molar-refractivity contribution in [1.29, 1.82) is 0 Å². The second-order valence-corrected chi connectivity index (χ2v) is 5.04. The van der Waals surface area contributed by atoms with Crippen LogP contribution in [-0.4, -0.2) is 25.2 Å². The number of hydrogen-bond donors (Lipinski definition) is 1. The average Bonchev–Trinajstić information content (AvgIpc) is 3.11. The Morgan fingerprint density at radius 2 is 2.20 bits per heavy atom. The molecule has 3 rings (SSSR count). The van der Waals surface area contributed by atoms with Gasteiger partial charge in [0, 0.05) is 43.9 Å². The van der Waals surface area contributed by atoms with E-state index in [4.69, 9.17) is 0 Å². The van der Waals surface area contributed by atoms with Crippen molar-refractivity contribution in [2.24, 2.45) is 0 Å². The summed E-state index contributed by atoms with van der Waals surface area (Å²) in [5.74, 6) is 0. The van der Waals surface area contributed by atoms with E-state index in [1.807, 2.05) is 51.9 Å². The standard InChI is InChI=1S/C15H19N5/c1-13(6-10-20-9-4-7-17-20)16-11-14-12-19-8-3-2-5-15(19)18-14/h2-5,7-9,12-13,16H,6,10-11H2,1H3/t13-/m0/s1. The molecule has 3 heterocycles. The van der Waals surface area contributed by atoms with Crippen LogP contribution in [0.25, 0.3) is 5.65 Å². The highest BCUT2D eigenvalue weighted by Crippen LogP contribution is 2.05. The van der Waals surface area contributed by atoms with E-state index in [2.05, 4.69) is 28.5 Å². The molecular formula is C15H19N5. The number of nitrogens with one attached hydrogen (secondary N) is 1. The summed E-state index contributed by atoms with van der Waals surface area (Å²) in [6.45, 7) is 3.92. The summed E-state index contributed by atoms with van der Waals surface area (Å²) in [7, 11) is 0. The van der Waals surface area contributed by atoms with Crippen LogP contribution in [0.15, 0.2) is 49.1 Å². The minimum Gasteiger partial charge on any atom is -0.309 e. The maximum atomic E-state index is 4.58. The third-order valence-electron chi connectivity index (χ3n) is 3.40. The number of pyridine rings is 1. The van der Waals surface area contributed by atoms with Crippen LogP contribution in [0.5, 0.6) is 0 Å². The fourth-order valence-electron chi connectivity index (χ4n) is 2.21. The van der Waals surface area contributed by atoms with Crippen molar-refractivity contribution < 1.29 is 0 Å². The molecule has 0 aliphatic carbocycles. The van der Waals surface area contributed by atoms with Gasteiger partial charge in [0.25, 0.3) is 0 Å². The zero-order chi connectivity index (χ0) is 13.8. The quantitative estimate of drug-likeness (QED) is 0.745. The van der Waals surface area contributed by atoms with Crippen LogP contribution in [-0.2, 0) is 13.1 Å². The normalized spacial score (nSPS) is 12.8. The van der Waals surface area contributed by atoms with Crippen LogP contribution in [0.4, 0.5) is 0 Å². The summed E-state index contributed by atoms with van der Waals surface area (Å²) in [4.78, 5) is 4.58. The van der Waals surface area contributed by atoms with Gasteiger partial charge in [-0.05, 0) is 31.5 Å². The second-order valence-electron chi connectivity index (χ2n) is 5.04. The predicted octanol–water partition coefficient (Wildman–Crippen LogP) is 2.10. The van der Waals surface area contributed by atoms with Gasteiger partial charge >= 0.3 is 0 Å². The third-order valence-corrected chi connectivity index (χ3v) is 3.40. The molecule has 3 aromatic heterocycles. The Hall–Kier alpha value is -2.14. The topological polar surface area (TPSA) is 47.2 Å². The largest absolute Gasteiger partial charge is 0.309 e. The summed E-state index contributed by atoms with van der Waals surface area (Å²) in [6, 6.07) is 8.42. The number of aromatic nitrogens is 4. The van der Waals surface area contributed by atoms with E-state index < -0.39 is 0 Å². The lowest BCUT2D eigenvalue weighted by Gasteiger charge is -2.12. The van der Waals surface area contributed by atoms with Crippen molar-refractivity contribution in [1.82, 2.24) is 24.5 Å². The van der Waals surface area contributed by atoms with Crippen LogP contribution < -0.4 is 5.32 Å². The summed E-state index contributed by atoms with van der Waals surface area (Å²) < 4.78 is 4.01. The number of rotatable bonds is 6. The molecule has 1 atom stereocenters. The van der Waals surface area contributed by atoms with Crippen LogP contribution in [0.3, 0.4) is 0 Å². The predicted molar refractivity (Wildman–Crippen MR) is 78.3 cm³/mol. The molecule has 0 aliphatic heterocycles. The van der Waals surface area contributed by atoms with Crippen LogP contribution in [0.2, 0.25) is 0 Å². The summed E-state index contributed by atoms with van der Waals surface area (Å²) >= 11 is 0. The van der Waals surface area contributed by atoms with Gasteiger partial charge < -0.3 is 9.72 Å². The zero-order valence-electron chi connectivity index (χ0n) is 11.6. The molecule has 1 N–H and O–H groups in total. The fraction of sp³-hybridized carbons (Fsp3) is 0.333. The molecule has 20 heavy (non-hydrogen) atoms. The van der Waals surface area contributed by atoms with E-state index in [1.165, 1.54) is 0 Å².